The number of carbonyl (C=O) groups is 2. The van der Waals surface area contributed by atoms with Gasteiger partial charge in [0.2, 0.25) is 0 Å². The SMILES string of the molecule is Cc1ncsc1C(=O)CNC(=O)O. The average molecular weight is 200 g/mol. The Labute approximate surface area is 78.4 Å². The van der Waals surface area contributed by atoms with Gasteiger partial charge in [0.1, 0.15) is 0 Å². The summed E-state index contributed by atoms with van der Waals surface area (Å²) in [4.78, 5) is 25.8. The summed E-state index contributed by atoms with van der Waals surface area (Å²) in [5.41, 5.74) is 2.20. The first-order valence-electron chi connectivity index (χ1n) is 3.51. The highest BCUT2D eigenvalue weighted by Crippen LogP contribution is 2.11. The van der Waals surface area contributed by atoms with Gasteiger partial charge < -0.3 is 10.4 Å². The number of thiazole rings is 1. The van der Waals surface area contributed by atoms with Gasteiger partial charge in [0.25, 0.3) is 0 Å². The molecule has 0 aliphatic heterocycles. The molecule has 0 radical (unpaired) electrons. The van der Waals surface area contributed by atoms with E-state index in [1.54, 1.807) is 12.4 Å². The number of ketones is 1. The van der Waals surface area contributed by atoms with Crippen molar-refractivity contribution < 1.29 is 14.7 Å². The van der Waals surface area contributed by atoms with Crippen LogP contribution >= 0.6 is 11.3 Å². The first kappa shape index (κ1) is 9.66. The molecule has 5 nitrogen and oxygen atoms in total. The Hall–Kier alpha value is -1.43. The molecule has 1 aromatic rings. The van der Waals surface area contributed by atoms with E-state index in [1.165, 1.54) is 11.3 Å². The molecule has 0 aliphatic carbocycles. The molecule has 6 heteroatoms. The molecule has 70 valence electrons. The molecule has 0 saturated carbocycles. The highest BCUT2D eigenvalue weighted by Gasteiger charge is 2.11. The van der Waals surface area contributed by atoms with Crippen molar-refractivity contribution in [2.24, 2.45) is 0 Å². The second-order valence-electron chi connectivity index (χ2n) is 2.35. The van der Waals surface area contributed by atoms with Crippen molar-refractivity contribution in [2.75, 3.05) is 6.54 Å². The number of carboxylic acid groups (broad SMARTS) is 1. The van der Waals surface area contributed by atoms with Crippen molar-refractivity contribution in [2.45, 2.75) is 6.92 Å². The monoisotopic (exact) mass is 200 g/mol. The maximum absolute atomic E-state index is 11.3. The zero-order valence-electron chi connectivity index (χ0n) is 6.90. The molecule has 13 heavy (non-hydrogen) atoms. The molecule has 0 aliphatic rings. The minimum Gasteiger partial charge on any atom is -0.465 e. The van der Waals surface area contributed by atoms with Crippen LogP contribution < -0.4 is 5.32 Å². The van der Waals surface area contributed by atoms with Crippen molar-refractivity contribution >= 4 is 23.2 Å². The van der Waals surface area contributed by atoms with E-state index in [0.29, 0.717) is 10.6 Å². The van der Waals surface area contributed by atoms with Crippen LogP contribution in [0.15, 0.2) is 5.51 Å². The van der Waals surface area contributed by atoms with Gasteiger partial charge in [-0.15, -0.1) is 11.3 Å². The van der Waals surface area contributed by atoms with E-state index in [0.717, 1.165) is 0 Å². The Kier molecular flexibility index (Phi) is 2.97. The summed E-state index contributed by atoms with van der Waals surface area (Å²) < 4.78 is 0. The van der Waals surface area contributed by atoms with Gasteiger partial charge in [0.05, 0.1) is 22.6 Å². The molecule has 0 aromatic carbocycles. The second kappa shape index (κ2) is 3.99. The maximum Gasteiger partial charge on any atom is 0.405 e. The summed E-state index contributed by atoms with van der Waals surface area (Å²) in [5.74, 6) is -0.248. The number of hydrogen-bond donors (Lipinski definition) is 2. The van der Waals surface area contributed by atoms with E-state index in [2.05, 4.69) is 4.98 Å². The lowest BCUT2D eigenvalue weighted by atomic mass is 10.3. The number of carbonyl (C=O) groups excluding carboxylic acids is 1. The topological polar surface area (TPSA) is 79.3 Å². The molecule has 0 spiro atoms. The van der Waals surface area contributed by atoms with Crippen LogP contribution in [0.3, 0.4) is 0 Å². The standard InChI is InChI=1S/C7H8N2O3S/c1-4-6(13-3-9-4)5(10)2-8-7(11)12/h3,8H,2H2,1H3,(H,11,12). The molecule has 0 fully saturated rings. The first-order valence-corrected chi connectivity index (χ1v) is 4.39. The minimum atomic E-state index is -1.20. The zero-order valence-corrected chi connectivity index (χ0v) is 7.72. The fourth-order valence-corrected chi connectivity index (χ4v) is 1.55. The van der Waals surface area contributed by atoms with Gasteiger partial charge in [-0.05, 0) is 6.92 Å². The fraction of sp³-hybridized carbons (Fsp3) is 0.286. The number of nitrogens with one attached hydrogen (secondary N) is 1. The van der Waals surface area contributed by atoms with Gasteiger partial charge in [0.15, 0.2) is 5.78 Å². The molecule has 0 bridgehead atoms. The van der Waals surface area contributed by atoms with E-state index in [1.807, 2.05) is 5.32 Å². The molecule has 1 aromatic heterocycles. The van der Waals surface area contributed by atoms with Crippen LogP contribution in [-0.2, 0) is 0 Å². The number of aromatic nitrogens is 1. The highest BCUT2D eigenvalue weighted by molar-refractivity contribution is 7.12. The highest BCUT2D eigenvalue weighted by atomic mass is 32.1. The molecule has 0 unspecified atom stereocenters. The third-order valence-electron chi connectivity index (χ3n) is 1.40. The second-order valence-corrected chi connectivity index (χ2v) is 3.20. The van der Waals surface area contributed by atoms with Crippen LogP contribution in [-0.4, -0.2) is 28.5 Å². The predicted molar refractivity (Wildman–Crippen MR) is 47.2 cm³/mol. The molecule has 1 rings (SSSR count). The predicted octanol–water partition coefficient (Wildman–Crippen LogP) is 0.902. The van der Waals surface area contributed by atoms with Crippen LogP contribution in [0.5, 0.6) is 0 Å². The fourth-order valence-electron chi connectivity index (χ4n) is 0.806. The van der Waals surface area contributed by atoms with Crippen molar-refractivity contribution in [3.8, 4) is 0 Å². The normalized spacial score (nSPS) is 9.62. The van der Waals surface area contributed by atoms with Gasteiger partial charge in [-0.3, -0.25) is 4.79 Å². The van der Waals surface area contributed by atoms with Crippen molar-refractivity contribution in [1.82, 2.24) is 10.3 Å². The maximum atomic E-state index is 11.3. The number of hydrogen-bond acceptors (Lipinski definition) is 4. The number of aryl methyl sites for hydroxylation is 1. The van der Waals surface area contributed by atoms with Gasteiger partial charge in [-0.25, -0.2) is 9.78 Å². The lowest BCUT2D eigenvalue weighted by Gasteiger charge is -1.97. The Morgan fingerprint density at radius 3 is 2.85 bits per heavy atom. The van der Waals surface area contributed by atoms with Crippen LogP contribution in [0.25, 0.3) is 0 Å². The number of Topliss-reactive ketones (excluding diaryl/α,β-unsaturated/α-hetero) is 1. The van der Waals surface area contributed by atoms with E-state index < -0.39 is 6.09 Å². The minimum absolute atomic E-state index is 0.196. The van der Waals surface area contributed by atoms with Gasteiger partial charge in [-0.2, -0.15) is 0 Å². The van der Waals surface area contributed by atoms with E-state index in [9.17, 15) is 9.59 Å². The Bertz CT molecular complexity index is 334. The lowest BCUT2D eigenvalue weighted by molar-refractivity contribution is 0.0990. The molecule has 2 N–H and O–H groups in total. The molecule has 1 amide bonds. The molecular weight excluding hydrogens is 192 g/mol. The third-order valence-corrected chi connectivity index (χ3v) is 2.37. The number of nitrogens with zero attached hydrogens (tertiary/aromatic N) is 1. The summed E-state index contributed by atoms with van der Waals surface area (Å²) in [6.07, 6.45) is -1.20. The summed E-state index contributed by atoms with van der Waals surface area (Å²) in [6.45, 7) is 1.52. The molecule has 1 heterocycles. The van der Waals surface area contributed by atoms with Crippen molar-refractivity contribution in [3.63, 3.8) is 0 Å². The largest absolute Gasteiger partial charge is 0.465 e. The number of amides is 1. The van der Waals surface area contributed by atoms with Crippen LogP contribution in [0.1, 0.15) is 15.4 Å². The van der Waals surface area contributed by atoms with Crippen LogP contribution in [0, 0.1) is 6.92 Å². The van der Waals surface area contributed by atoms with Gasteiger partial charge in [-0.1, -0.05) is 0 Å². The van der Waals surface area contributed by atoms with Gasteiger partial charge in [0, 0.05) is 0 Å². The van der Waals surface area contributed by atoms with E-state index in [4.69, 9.17) is 5.11 Å². The molecular formula is C7H8N2O3S. The average Bonchev–Trinajstić information content (AvgIpc) is 2.47. The van der Waals surface area contributed by atoms with Gasteiger partial charge >= 0.3 is 6.09 Å². The third kappa shape index (κ3) is 2.51. The summed E-state index contributed by atoms with van der Waals surface area (Å²) in [7, 11) is 0. The molecule has 0 atom stereocenters. The summed E-state index contributed by atoms with van der Waals surface area (Å²) in [5, 5.41) is 10.3. The van der Waals surface area contributed by atoms with Crippen molar-refractivity contribution in [3.05, 3.63) is 16.1 Å². The smallest absolute Gasteiger partial charge is 0.405 e. The first-order chi connectivity index (χ1) is 6.11. The van der Waals surface area contributed by atoms with Crippen molar-refractivity contribution in [1.29, 1.82) is 0 Å². The molecule has 0 saturated heterocycles. The Morgan fingerprint density at radius 1 is 1.69 bits per heavy atom. The van der Waals surface area contributed by atoms with E-state index >= 15 is 0 Å². The van der Waals surface area contributed by atoms with Crippen LogP contribution in [0.2, 0.25) is 0 Å². The number of rotatable bonds is 3. The van der Waals surface area contributed by atoms with E-state index in [-0.39, 0.29) is 12.3 Å². The Morgan fingerprint density at radius 2 is 2.38 bits per heavy atom. The summed E-state index contributed by atoms with van der Waals surface area (Å²) >= 11 is 1.22. The van der Waals surface area contributed by atoms with Crippen LogP contribution in [0.4, 0.5) is 4.79 Å². The summed E-state index contributed by atoms with van der Waals surface area (Å²) in [6, 6.07) is 0. The quantitative estimate of drug-likeness (QED) is 0.710. The zero-order chi connectivity index (χ0) is 9.84. The lowest BCUT2D eigenvalue weighted by Crippen LogP contribution is -2.27. The Balaban J connectivity index is 2.59.